The minimum atomic E-state index is -0.123. The van der Waals surface area contributed by atoms with Crippen LogP contribution in [0.3, 0.4) is 0 Å². The average Bonchev–Trinajstić information content (AvgIpc) is 2.55. The number of carbonyl (C=O) groups excluding carboxylic acids is 2. The summed E-state index contributed by atoms with van der Waals surface area (Å²) < 4.78 is 5.54. The lowest BCUT2D eigenvalue weighted by Gasteiger charge is -2.17. The molecule has 1 amide bonds. The fourth-order valence-electron chi connectivity index (χ4n) is 2.50. The van der Waals surface area contributed by atoms with Crippen molar-refractivity contribution in [2.75, 3.05) is 11.9 Å². The zero-order valence-corrected chi connectivity index (χ0v) is 13.4. The lowest BCUT2D eigenvalue weighted by molar-refractivity contribution is -0.116. The number of hydrogen-bond donors (Lipinski definition) is 1. The van der Waals surface area contributed by atoms with Crippen LogP contribution in [0.2, 0.25) is 5.02 Å². The molecule has 5 heteroatoms. The van der Waals surface area contributed by atoms with Crippen molar-refractivity contribution in [2.45, 2.75) is 19.8 Å². The van der Waals surface area contributed by atoms with Gasteiger partial charge in [0.05, 0.1) is 5.02 Å². The standard InChI is InChI=1S/C18H16ClNO3/c1-11-2-5-14(19)17(8-11)23-10-16(21)13-3-6-15-12(9-13)4-7-18(22)20-15/h2-3,5-6,8-9H,4,7,10H2,1H3,(H,20,22). The lowest BCUT2D eigenvalue weighted by Crippen LogP contribution is -2.20. The van der Waals surface area contributed by atoms with E-state index in [4.69, 9.17) is 16.3 Å². The van der Waals surface area contributed by atoms with Crippen LogP contribution in [0.1, 0.15) is 27.9 Å². The molecule has 1 aliphatic rings. The molecule has 1 heterocycles. The first-order chi connectivity index (χ1) is 11.0. The van der Waals surface area contributed by atoms with E-state index in [1.54, 1.807) is 24.3 Å². The van der Waals surface area contributed by atoms with Gasteiger partial charge in [0.2, 0.25) is 5.91 Å². The number of nitrogens with one attached hydrogen (secondary N) is 1. The molecule has 0 bridgehead atoms. The normalized spacial score (nSPS) is 13.2. The van der Waals surface area contributed by atoms with E-state index in [0.717, 1.165) is 16.8 Å². The van der Waals surface area contributed by atoms with Gasteiger partial charge >= 0.3 is 0 Å². The molecule has 0 aliphatic carbocycles. The molecule has 0 spiro atoms. The third kappa shape index (κ3) is 3.54. The molecule has 0 unspecified atom stereocenters. The Balaban J connectivity index is 1.71. The van der Waals surface area contributed by atoms with Crippen LogP contribution in [0.25, 0.3) is 0 Å². The van der Waals surface area contributed by atoms with Crippen LogP contribution >= 0.6 is 11.6 Å². The van der Waals surface area contributed by atoms with Crippen molar-refractivity contribution < 1.29 is 14.3 Å². The third-order valence-electron chi connectivity index (χ3n) is 3.77. The monoisotopic (exact) mass is 329 g/mol. The second kappa shape index (κ2) is 6.42. The van der Waals surface area contributed by atoms with Crippen molar-refractivity contribution in [1.82, 2.24) is 0 Å². The number of rotatable bonds is 4. The second-order valence-corrected chi connectivity index (χ2v) is 5.97. The van der Waals surface area contributed by atoms with Gasteiger partial charge in [0.25, 0.3) is 0 Å². The van der Waals surface area contributed by atoms with Gasteiger partial charge in [0, 0.05) is 17.7 Å². The largest absolute Gasteiger partial charge is 0.484 e. The van der Waals surface area contributed by atoms with E-state index in [0.29, 0.717) is 29.2 Å². The number of amides is 1. The molecule has 4 nitrogen and oxygen atoms in total. The topological polar surface area (TPSA) is 55.4 Å². The molecular weight excluding hydrogens is 314 g/mol. The number of aryl methyl sites for hydroxylation is 2. The Bertz CT molecular complexity index is 786. The maximum Gasteiger partial charge on any atom is 0.224 e. The van der Waals surface area contributed by atoms with Crippen LogP contribution in [0.5, 0.6) is 5.75 Å². The predicted molar refractivity (Wildman–Crippen MR) is 89.4 cm³/mol. The van der Waals surface area contributed by atoms with E-state index >= 15 is 0 Å². The van der Waals surface area contributed by atoms with E-state index in [9.17, 15) is 9.59 Å². The van der Waals surface area contributed by atoms with E-state index in [2.05, 4.69) is 5.32 Å². The van der Waals surface area contributed by atoms with Gasteiger partial charge in [-0.05, 0) is 54.8 Å². The first-order valence-electron chi connectivity index (χ1n) is 7.38. The highest BCUT2D eigenvalue weighted by atomic mass is 35.5. The highest BCUT2D eigenvalue weighted by Gasteiger charge is 2.17. The van der Waals surface area contributed by atoms with Gasteiger partial charge in [0.15, 0.2) is 12.4 Å². The molecule has 0 aromatic heterocycles. The third-order valence-corrected chi connectivity index (χ3v) is 4.08. The summed E-state index contributed by atoms with van der Waals surface area (Å²) in [4.78, 5) is 23.7. The van der Waals surface area contributed by atoms with Gasteiger partial charge in [-0.15, -0.1) is 0 Å². The molecule has 0 fully saturated rings. The van der Waals surface area contributed by atoms with Gasteiger partial charge in [-0.1, -0.05) is 17.7 Å². The minimum absolute atomic E-state index is 0.00833. The Labute approximate surface area is 139 Å². The van der Waals surface area contributed by atoms with Gasteiger partial charge in [-0.3, -0.25) is 9.59 Å². The van der Waals surface area contributed by atoms with E-state index in [-0.39, 0.29) is 18.3 Å². The number of fused-ring (bicyclic) bond motifs is 1. The number of anilines is 1. The number of halogens is 1. The van der Waals surface area contributed by atoms with Crippen LogP contribution in [-0.4, -0.2) is 18.3 Å². The van der Waals surface area contributed by atoms with E-state index in [1.165, 1.54) is 0 Å². The first kappa shape index (κ1) is 15.6. The average molecular weight is 330 g/mol. The number of carbonyl (C=O) groups is 2. The maximum absolute atomic E-state index is 12.3. The summed E-state index contributed by atoms with van der Waals surface area (Å²) in [6.07, 6.45) is 1.09. The number of ketones is 1. The number of Topliss-reactive ketones (excluding diaryl/α,β-unsaturated/α-hetero) is 1. The van der Waals surface area contributed by atoms with Crippen molar-refractivity contribution in [3.8, 4) is 5.75 Å². The highest BCUT2D eigenvalue weighted by molar-refractivity contribution is 6.32. The minimum Gasteiger partial charge on any atom is -0.484 e. The first-order valence-corrected chi connectivity index (χ1v) is 7.75. The van der Waals surface area contributed by atoms with Gasteiger partial charge in [-0.25, -0.2) is 0 Å². The molecular formula is C18H16ClNO3. The maximum atomic E-state index is 12.3. The molecule has 1 aliphatic heterocycles. The Hall–Kier alpha value is -2.33. The van der Waals surface area contributed by atoms with Crippen molar-refractivity contribution in [2.24, 2.45) is 0 Å². The Morgan fingerprint density at radius 1 is 1.22 bits per heavy atom. The molecule has 3 rings (SSSR count). The number of hydrogen-bond acceptors (Lipinski definition) is 3. The second-order valence-electron chi connectivity index (χ2n) is 5.57. The molecule has 0 saturated heterocycles. The molecule has 23 heavy (non-hydrogen) atoms. The summed E-state index contributed by atoms with van der Waals surface area (Å²) in [5, 5.41) is 3.28. The zero-order chi connectivity index (χ0) is 16.4. The molecule has 2 aromatic carbocycles. The van der Waals surface area contributed by atoms with Gasteiger partial charge < -0.3 is 10.1 Å². The SMILES string of the molecule is Cc1ccc(Cl)c(OCC(=O)c2ccc3c(c2)CCC(=O)N3)c1. The van der Waals surface area contributed by atoms with E-state index < -0.39 is 0 Å². The van der Waals surface area contributed by atoms with Crippen LogP contribution in [0.4, 0.5) is 5.69 Å². The highest BCUT2D eigenvalue weighted by Crippen LogP contribution is 2.26. The number of ether oxygens (including phenoxy) is 1. The van der Waals surface area contributed by atoms with Crippen LogP contribution in [-0.2, 0) is 11.2 Å². The summed E-state index contributed by atoms with van der Waals surface area (Å²) >= 11 is 6.06. The summed E-state index contributed by atoms with van der Waals surface area (Å²) in [5.41, 5.74) is 3.34. The van der Waals surface area contributed by atoms with Crippen molar-refractivity contribution >= 4 is 29.0 Å². The Morgan fingerprint density at radius 2 is 2.04 bits per heavy atom. The van der Waals surface area contributed by atoms with Crippen LogP contribution < -0.4 is 10.1 Å². The van der Waals surface area contributed by atoms with Crippen molar-refractivity contribution in [1.29, 1.82) is 0 Å². The predicted octanol–water partition coefficient (Wildman–Crippen LogP) is 3.79. The molecule has 2 aromatic rings. The molecule has 0 saturated carbocycles. The van der Waals surface area contributed by atoms with Crippen LogP contribution in [0, 0.1) is 6.92 Å². The number of benzene rings is 2. The van der Waals surface area contributed by atoms with E-state index in [1.807, 2.05) is 19.1 Å². The molecule has 0 atom stereocenters. The fourth-order valence-corrected chi connectivity index (χ4v) is 2.68. The summed E-state index contributed by atoms with van der Waals surface area (Å²) in [7, 11) is 0. The summed E-state index contributed by atoms with van der Waals surface area (Å²) in [5.74, 6) is 0.390. The molecule has 1 N–H and O–H groups in total. The van der Waals surface area contributed by atoms with Crippen molar-refractivity contribution in [3.63, 3.8) is 0 Å². The summed E-state index contributed by atoms with van der Waals surface area (Å²) in [6, 6.07) is 10.7. The lowest BCUT2D eigenvalue weighted by atomic mass is 9.99. The fraction of sp³-hybridized carbons (Fsp3) is 0.222. The van der Waals surface area contributed by atoms with Crippen molar-refractivity contribution in [3.05, 3.63) is 58.1 Å². The Morgan fingerprint density at radius 3 is 2.87 bits per heavy atom. The smallest absolute Gasteiger partial charge is 0.224 e. The summed E-state index contributed by atoms with van der Waals surface area (Å²) in [6.45, 7) is 1.86. The molecule has 118 valence electrons. The van der Waals surface area contributed by atoms with Gasteiger partial charge in [0.1, 0.15) is 5.75 Å². The van der Waals surface area contributed by atoms with Crippen LogP contribution in [0.15, 0.2) is 36.4 Å². The molecule has 0 radical (unpaired) electrons. The van der Waals surface area contributed by atoms with Gasteiger partial charge in [-0.2, -0.15) is 0 Å². The quantitative estimate of drug-likeness (QED) is 0.868. The zero-order valence-electron chi connectivity index (χ0n) is 12.7. The Kier molecular flexibility index (Phi) is 4.35.